The molecule has 152 valence electrons. The third-order valence-electron chi connectivity index (χ3n) is 4.27. The molecule has 0 unspecified atom stereocenters. The first-order valence-electron chi connectivity index (χ1n) is 9.51. The molecule has 3 heterocycles. The molecule has 1 aliphatic rings. The third kappa shape index (κ3) is 4.84. The first kappa shape index (κ1) is 21.7. The maximum Gasteiger partial charge on any atom is 0.261 e. The summed E-state index contributed by atoms with van der Waals surface area (Å²) < 4.78 is 1.93. The van der Waals surface area contributed by atoms with Gasteiger partial charge in [-0.25, -0.2) is 15.0 Å². The smallest absolute Gasteiger partial charge is 0.261 e. The molecule has 0 atom stereocenters. The van der Waals surface area contributed by atoms with Crippen LogP contribution in [0.2, 0.25) is 0 Å². The minimum absolute atomic E-state index is 0.202. The topological polar surface area (TPSA) is 107 Å². The van der Waals surface area contributed by atoms with Gasteiger partial charge in [-0.1, -0.05) is 39.2 Å². The molecule has 3 rings (SSSR count). The van der Waals surface area contributed by atoms with Crippen LogP contribution in [0.4, 0.5) is 5.95 Å². The Labute approximate surface area is 170 Å². The highest BCUT2D eigenvalue weighted by Gasteiger charge is 2.34. The summed E-state index contributed by atoms with van der Waals surface area (Å²) in [6.07, 6.45) is 9.46. The second-order valence-electron chi connectivity index (χ2n) is 6.00. The van der Waals surface area contributed by atoms with Crippen molar-refractivity contribution < 1.29 is 9.59 Å². The second kappa shape index (κ2) is 10.1. The van der Waals surface area contributed by atoms with Crippen LogP contribution >= 0.6 is 0 Å². The molecule has 0 spiro atoms. The fraction of sp³-hybridized carbons (Fsp3) is 0.286. The molecular formula is C21H26N6O2. The molecule has 0 saturated heterocycles. The lowest BCUT2D eigenvalue weighted by atomic mass is 10.1. The van der Waals surface area contributed by atoms with Gasteiger partial charge < -0.3 is 10.3 Å². The van der Waals surface area contributed by atoms with Gasteiger partial charge in [0.05, 0.1) is 23.2 Å². The lowest BCUT2D eigenvalue weighted by Crippen LogP contribution is -2.32. The zero-order valence-corrected chi connectivity index (χ0v) is 16.8. The molecule has 29 heavy (non-hydrogen) atoms. The van der Waals surface area contributed by atoms with Crippen molar-refractivity contribution in [2.45, 2.75) is 33.2 Å². The van der Waals surface area contributed by atoms with Crippen molar-refractivity contribution in [1.82, 2.24) is 24.4 Å². The molecule has 0 bridgehead atoms. The molecule has 0 radical (unpaired) electrons. The van der Waals surface area contributed by atoms with E-state index in [-0.39, 0.29) is 17.8 Å². The monoisotopic (exact) mass is 394 g/mol. The molecule has 2 aromatic heterocycles. The van der Waals surface area contributed by atoms with Crippen LogP contribution in [-0.4, -0.2) is 42.8 Å². The average molecular weight is 394 g/mol. The molecule has 8 nitrogen and oxygen atoms in total. The summed E-state index contributed by atoms with van der Waals surface area (Å²) in [6, 6.07) is 1.75. The number of aromatic nitrogens is 4. The number of rotatable bonds is 8. The van der Waals surface area contributed by atoms with Gasteiger partial charge in [-0.15, -0.1) is 0 Å². The van der Waals surface area contributed by atoms with Gasteiger partial charge in [-0.05, 0) is 18.9 Å². The van der Waals surface area contributed by atoms with Crippen LogP contribution in [-0.2, 0) is 16.1 Å². The molecule has 0 aliphatic carbocycles. The van der Waals surface area contributed by atoms with Gasteiger partial charge in [0.1, 0.15) is 5.69 Å². The van der Waals surface area contributed by atoms with Crippen molar-refractivity contribution >= 4 is 17.8 Å². The number of aryl methyl sites for hydroxylation is 1. The fourth-order valence-electron chi connectivity index (χ4n) is 2.91. The van der Waals surface area contributed by atoms with E-state index < -0.39 is 0 Å². The number of unbranched alkanes of at least 4 members (excludes halogenated alkanes) is 1. The number of imide groups is 1. The zero-order valence-electron chi connectivity index (χ0n) is 16.8. The van der Waals surface area contributed by atoms with Crippen molar-refractivity contribution in [3.8, 4) is 11.4 Å². The van der Waals surface area contributed by atoms with E-state index in [4.69, 9.17) is 5.73 Å². The summed E-state index contributed by atoms with van der Waals surface area (Å²) in [6.45, 7) is 12.3. The van der Waals surface area contributed by atoms with Crippen molar-refractivity contribution in [1.29, 1.82) is 0 Å². The SMILES string of the molecule is C=CC1=C(C=C)C(=O)N(CCCCn2cnc(-c3ccnc(N)n3)c2)C1=O.CC. The predicted molar refractivity (Wildman–Crippen MR) is 112 cm³/mol. The Morgan fingerprint density at radius 2 is 1.62 bits per heavy atom. The van der Waals surface area contributed by atoms with Gasteiger partial charge in [-0.3, -0.25) is 14.5 Å². The van der Waals surface area contributed by atoms with Crippen molar-refractivity contribution in [2.24, 2.45) is 0 Å². The molecule has 2 aromatic rings. The third-order valence-corrected chi connectivity index (χ3v) is 4.27. The van der Waals surface area contributed by atoms with Crippen LogP contribution in [0.3, 0.4) is 0 Å². The molecule has 2 N–H and O–H groups in total. The number of carbonyl (C=O) groups excluding carboxylic acids is 2. The van der Waals surface area contributed by atoms with Crippen molar-refractivity contribution in [2.75, 3.05) is 12.3 Å². The van der Waals surface area contributed by atoms with Crippen LogP contribution < -0.4 is 5.73 Å². The molecule has 0 saturated carbocycles. The Bertz CT molecular complexity index is 914. The van der Waals surface area contributed by atoms with E-state index in [0.29, 0.717) is 42.0 Å². The van der Waals surface area contributed by atoms with E-state index in [1.807, 2.05) is 24.6 Å². The number of nitrogens with two attached hydrogens (primary N) is 1. The van der Waals surface area contributed by atoms with E-state index in [0.717, 1.165) is 6.42 Å². The minimum Gasteiger partial charge on any atom is -0.368 e. The van der Waals surface area contributed by atoms with Gasteiger partial charge in [0, 0.05) is 25.5 Å². The van der Waals surface area contributed by atoms with E-state index >= 15 is 0 Å². The number of anilines is 1. The van der Waals surface area contributed by atoms with E-state index in [2.05, 4.69) is 28.1 Å². The van der Waals surface area contributed by atoms with Crippen molar-refractivity contribution in [3.63, 3.8) is 0 Å². The number of hydrogen-bond acceptors (Lipinski definition) is 6. The van der Waals surface area contributed by atoms with Crippen LogP contribution in [0.5, 0.6) is 0 Å². The first-order chi connectivity index (χ1) is 14.0. The van der Waals surface area contributed by atoms with Crippen LogP contribution in [0, 0.1) is 0 Å². The Morgan fingerprint density at radius 1 is 1.00 bits per heavy atom. The second-order valence-corrected chi connectivity index (χ2v) is 6.00. The van der Waals surface area contributed by atoms with E-state index in [9.17, 15) is 9.59 Å². The number of imidazole rings is 1. The maximum absolute atomic E-state index is 12.3. The number of nitrogens with zero attached hydrogens (tertiary/aromatic N) is 5. The number of carbonyl (C=O) groups is 2. The minimum atomic E-state index is -0.309. The van der Waals surface area contributed by atoms with E-state index in [1.165, 1.54) is 17.1 Å². The Hall–Kier alpha value is -3.55. The quantitative estimate of drug-likeness (QED) is 0.545. The summed E-state index contributed by atoms with van der Waals surface area (Å²) >= 11 is 0. The summed E-state index contributed by atoms with van der Waals surface area (Å²) in [5, 5.41) is 0. The highest BCUT2D eigenvalue weighted by molar-refractivity contribution is 6.21. The largest absolute Gasteiger partial charge is 0.368 e. The fourth-order valence-corrected chi connectivity index (χ4v) is 2.91. The van der Waals surface area contributed by atoms with Gasteiger partial charge in [0.15, 0.2) is 0 Å². The van der Waals surface area contributed by atoms with Gasteiger partial charge in [0.2, 0.25) is 5.95 Å². The highest BCUT2D eigenvalue weighted by atomic mass is 16.2. The lowest BCUT2D eigenvalue weighted by Gasteiger charge is -2.14. The number of amides is 2. The summed E-state index contributed by atoms with van der Waals surface area (Å²) in [5.41, 5.74) is 7.60. The van der Waals surface area contributed by atoms with Gasteiger partial charge in [-0.2, -0.15) is 0 Å². The molecule has 8 heteroatoms. The summed E-state index contributed by atoms with van der Waals surface area (Å²) in [5.74, 6) is -0.416. The summed E-state index contributed by atoms with van der Waals surface area (Å²) in [4.78, 5) is 38.1. The molecule has 1 aliphatic heterocycles. The predicted octanol–water partition coefficient (Wildman–Crippen LogP) is 2.77. The maximum atomic E-state index is 12.3. The molecule has 2 amide bonds. The normalized spacial score (nSPS) is 13.4. The molecular weight excluding hydrogens is 368 g/mol. The summed E-state index contributed by atoms with van der Waals surface area (Å²) in [7, 11) is 0. The zero-order chi connectivity index (χ0) is 21.4. The van der Waals surface area contributed by atoms with Crippen molar-refractivity contribution in [3.05, 3.63) is 61.2 Å². The van der Waals surface area contributed by atoms with Crippen LogP contribution in [0.15, 0.2) is 61.2 Å². The van der Waals surface area contributed by atoms with Crippen LogP contribution in [0.1, 0.15) is 26.7 Å². The van der Waals surface area contributed by atoms with E-state index in [1.54, 1.807) is 18.6 Å². The first-order valence-corrected chi connectivity index (χ1v) is 9.51. The average Bonchev–Trinajstić information content (AvgIpc) is 3.29. The highest BCUT2D eigenvalue weighted by Crippen LogP contribution is 2.22. The van der Waals surface area contributed by atoms with Gasteiger partial charge in [0.25, 0.3) is 11.8 Å². The van der Waals surface area contributed by atoms with Crippen LogP contribution in [0.25, 0.3) is 11.4 Å². The van der Waals surface area contributed by atoms with Gasteiger partial charge >= 0.3 is 0 Å². The lowest BCUT2D eigenvalue weighted by molar-refractivity contribution is -0.137. The Kier molecular flexibility index (Phi) is 7.59. The standard InChI is InChI=1S/C19H20N6O2.C2H6/c1-3-13-14(4-2)18(27)25(17(13)26)10-6-5-9-24-11-16(22-12-24)15-7-8-21-19(20)23-15;1-2/h3-4,7-8,11-12H,1-2,5-6,9-10H2,(H2,20,21,23);1-2H3. The molecule has 0 aromatic carbocycles. The number of hydrogen-bond donors (Lipinski definition) is 1. The number of nitrogen functional groups attached to an aromatic ring is 1. The Balaban J connectivity index is 0.00000145. The molecule has 0 fully saturated rings. The Morgan fingerprint density at radius 3 is 2.21 bits per heavy atom.